The molecule has 0 unspecified atom stereocenters. The maximum absolute atomic E-state index is 12.6. The molecule has 4 nitrogen and oxygen atoms in total. The predicted molar refractivity (Wildman–Crippen MR) is 79.1 cm³/mol. The molecule has 3 N–H and O–H groups in total. The van der Waals surface area contributed by atoms with Crippen LogP contribution in [0.5, 0.6) is 5.75 Å². The number of benzene rings is 2. The van der Waals surface area contributed by atoms with Gasteiger partial charge in [0.15, 0.2) is 0 Å². The van der Waals surface area contributed by atoms with Crippen LogP contribution in [0.4, 0.5) is 11.4 Å². The first-order chi connectivity index (χ1) is 9.56. The molecule has 1 aliphatic rings. The molecule has 0 atom stereocenters. The van der Waals surface area contributed by atoms with Crippen LogP contribution in [0.1, 0.15) is 21.5 Å². The van der Waals surface area contributed by atoms with Crippen LogP contribution in [0.15, 0.2) is 36.4 Å². The third-order valence-corrected chi connectivity index (χ3v) is 3.63. The SMILES string of the molecule is Cc1ccc(O)c(C(=O)N2CCc3cc(N)ccc32)c1. The third kappa shape index (κ3) is 1.99. The van der Waals surface area contributed by atoms with Gasteiger partial charge in [-0.3, -0.25) is 4.79 Å². The second kappa shape index (κ2) is 4.56. The summed E-state index contributed by atoms with van der Waals surface area (Å²) < 4.78 is 0. The highest BCUT2D eigenvalue weighted by molar-refractivity contribution is 6.09. The normalized spacial score (nSPS) is 13.3. The largest absolute Gasteiger partial charge is 0.507 e. The summed E-state index contributed by atoms with van der Waals surface area (Å²) >= 11 is 0. The van der Waals surface area contributed by atoms with Crippen molar-refractivity contribution in [2.75, 3.05) is 17.2 Å². The molecule has 1 amide bonds. The first-order valence-electron chi connectivity index (χ1n) is 6.56. The molecular formula is C16H16N2O2. The van der Waals surface area contributed by atoms with Gasteiger partial charge in [0.2, 0.25) is 0 Å². The molecule has 0 saturated heterocycles. The van der Waals surface area contributed by atoms with E-state index in [4.69, 9.17) is 5.73 Å². The molecule has 2 aromatic rings. The molecule has 0 fully saturated rings. The highest BCUT2D eigenvalue weighted by Gasteiger charge is 2.27. The molecule has 102 valence electrons. The summed E-state index contributed by atoms with van der Waals surface area (Å²) in [6.45, 7) is 2.51. The number of hydrogen-bond donors (Lipinski definition) is 2. The standard InChI is InChI=1S/C16H16N2O2/c1-10-2-5-15(19)13(8-10)16(20)18-7-6-11-9-12(17)3-4-14(11)18/h2-5,8-9,19H,6-7,17H2,1H3. The van der Waals surface area contributed by atoms with Gasteiger partial charge in [0, 0.05) is 17.9 Å². The molecule has 0 bridgehead atoms. The van der Waals surface area contributed by atoms with Gasteiger partial charge in [0.25, 0.3) is 5.91 Å². The van der Waals surface area contributed by atoms with Crippen molar-refractivity contribution >= 4 is 17.3 Å². The minimum absolute atomic E-state index is 0.0181. The van der Waals surface area contributed by atoms with Crippen LogP contribution >= 0.6 is 0 Å². The van der Waals surface area contributed by atoms with Gasteiger partial charge in [-0.05, 0) is 49.2 Å². The van der Waals surface area contributed by atoms with Crippen molar-refractivity contribution in [3.8, 4) is 5.75 Å². The maximum atomic E-state index is 12.6. The lowest BCUT2D eigenvalue weighted by Crippen LogP contribution is -2.29. The summed E-state index contributed by atoms with van der Waals surface area (Å²) in [4.78, 5) is 14.3. The average molecular weight is 268 g/mol. The van der Waals surface area contributed by atoms with E-state index < -0.39 is 0 Å². The van der Waals surface area contributed by atoms with Gasteiger partial charge in [-0.2, -0.15) is 0 Å². The predicted octanol–water partition coefficient (Wildman–Crippen LogP) is 2.49. The Kier molecular flexibility index (Phi) is 2.86. The second-order valence-corrected chi connectivity index (χ2v) is 5.12. The van der Waals surface area contributed by atoms with Gasteiger partial charge >= 0.3 is 0 Å². The zero-order valence-corrected chi connectivity index (χ0v) is 11.3. The number of aryl methyl sites for hydroxylation is 1. The van der Waals surface area contributed by atoms with Crippen molar-refractivity contribution in [3.63, 3.8) is 0 Å². The minimum Gasteiger partial charge on any atom is -0.507 e. The smallest absolute Gasteiger partial charge is 0.262 e. The number of rotatable bonds is 1. The molecule has 4 heteroatoms. The van der Waals surface area contributed by atoms with E-state index in [-0.39, 0.29) is 11.7 Å². The molecule has 2 aromatic carbocycles. The first-order valence-corrected chi connectivity index (χ1v) is 6.56. The number of nitrogens with zero attached hydrogens (tertiary/aromatic N) is 1. The van der Waals surface area contributed by atoms with Crippen molar-refractivity contribution in [1.29, 1.82) is 0 Å². The average Bonchev–Trinajstić information content (AvgIpc) is 2.83. The summed E-state index contributed by atoms with van der Waals surface area (Å²) in [6.07, 6.45) is 0.790. The van der Waals surface area contributed by atoms with Crippen LogP contribution in [0.25, 0.3) is 0 Å². The Bertz CT molecular complexity index is 695. The monoisotopic (exact) mass is 268 g/mol. The van der Waals surface area contributed by atoms with Crippen LogP contribution < -0.4 is 10.6 Å². The minimum atomic E-state index is -0.172. The second-order valence-electron chi connectivity index (χ2n) is 5.12. The Morgan fingerprint density at radius 3 is 2.85 bits per heavy atom. The van der Waals surface area contributed by atoms with Crippen LogP contribution in [-0.4, -0.2) is 17.6 Å². The first kappa shape index (κ1) is 12.5. The van der Waals surface area contributed by atoms with Gasteiger partial charge in [-0.25, -0.2) is 0 Å². The van der Waals surface area contributed by atoms with Gasteiger partial charge in [0.1, 0.15) is 5.75 Å². The molecule has 1 heterocycles. The van der Waals surface area contributed by atoms with E-state index in [1.165, 1.54) is 0 Å². The van der Waals surface area contributed by atoms with E-state index in [2.05, 4.69) is 0 Å². The number of anilines is 2. The van der Waals surface area contributed by atoms with Crippen LogP contribution in [-0.2, 0) is 6.42 Å². The molecule has 0 spiro atoms. The van der Waals surface area contributed by atoms with E-state index in [9.17, 15) is 9.90 Å². The Morgan fingerprint density at radius 2 is 2.05 bits per heavy atom. The molecule has 0 saturated carbocycles. The number of phenols is 1. The number of nitrogens with two attached hydrogens (primary N) is 1. The number of phenolic OH excluding ortho intramolecular Hbond substituents is 1. The quantitative estimate of drug-likeness (QED) is 0.781. The number of aromatic hydroxyl groups is 1. The molecule has 0 aromatic heterocycles. The summed E-state index contributed by atoms with van der Waals surface area (Å²) in [5.41, 5.74) is 9.71. The number of carbonyl (C=O) groups is 1. The number of amides is 1. The lowest BCUT2D eigenvalue weighted by molar-refractivity contribution is 0.0986. The van der Waals surface area contributed by atoms with Crippen LogP contribution in [0.3, 0.4) is 0 Å². The summed E-state index contributed by atoms with van der Waals surface area (Å²) in [5.74, 6) is -0.154. The Labute approximate surface area is 117 Å². The molecule has 0 radical (unpaired) electrons. The van der Waals surface area contributed by atoms with Gasteiger partial charge in [-0.15, -0.1) is 0 Å². The lowest BCUT2D eigenvalue weighted by Gasteiger charge is -2.18. The van der Waals surface area contributed by atoms with Crippen LogP contribution in [0, 0.1) is 6.92 Å². The maximum Gasteiger partial charge on any atom is 0.262 e. The van der Waals surface area contributed by atoms with E-state index in [1.54, 1.807) is 29.2 Å². The van der Waals surface area contributed by atoms with Crippen molar-refractivity contribution in [3.05, 3.63) is 53.1 Å². The van der Waals surface area contributed by atoms with Gasteiger partial charge in [-0.1, -0.05) is 11.6 Å². The van der Waals surface area contributed by atoms with Crippen molar-refractivity contribution in [1.82, 2.24) is 0 Å². The van der Waals surface area contributed by atoms with Crippen molar-refractivity contribution < 1.29 is 9.90 Å². The third-order valence-electron chi connectivity index (χ3n) is 3.63. The number of nitrogen functional groups attached to an aromatic ring is 1. The van der Waals surface area contributed by atoms with Gasteiger partial charge in [0.05, 0.1) is 5.56 Å². The highest BCUT2D eigenvalue weighted by atomic mass is 16.3. The van der Waals surface area contributed by atoms with E-state index in [0.29, 0.717) is 17.8 Å². The van der Waals surface area contributed by atoms with E-state index in [0.717, 1.165) is 23.2 Å². The number of hydrogen-bond acceptors (Lipinski definition) is 3. The molecule has 20 heavy (non-hydrogen) atoms. The fraction of sp³-hybridized carbons (Fsp3) is 0.188. The van der Waals surface area contributed by atoms with Gasteiger partial charge < -0.3 is 15.7 Å². The summed E-state index contributed by atoms with van der Waals surface area (Å²) in [6, 6.07) is 10.6. The van der Waals surface area contributed by atoms with E-state index in [1.807, 2.05) is 19.1 Å². The Morgan fingerprint density at radius 1 is 1.25 bits per heavy atom. The number of carbonyl (C=O) groups excluding carboxylic acids is 1. The number of fused-ring (bicyclic) bond motifs is 1. The zero-order valence-electron chi connectivity index (χ0n) is 11.3. The fourth-order valence-corrected chi connectivity index (χ4v) is 2.60. The highest BCUT2D eigenvalue weighted by Crippen LogP contribution is 2.32. The summed E-state index contributed by atoms with van der Waals surface area (Å²) in [7, 11) is 0. The molecule has 3 rings (SSSR count). The molecule has 1 aliphatic heterocycles. The summed E-state index contributed by atoms with van der Waals surface area (Å²) in [5, 5.41) is 9.89. The van der Waals surface area contributed by atoms with Crippen molar-refractivity contribution in [2.45, 2.75) is 13.3 Å². The van der Waals surface area contributed by atoms with Crippen LogP contribution in [0.2, 0.25) is 0 Å². The molecule has 0 aliphatic carbocycles. The van der Waals surface area contributed by atoms with E-state index >= 15 is 0 Å². The lowest BCUT2D eigenvalue weighted by atomic mass is 10.1. The fourth-order valence-electron chi connectivity index (χ4n) is 2.60. The Hall–Kier alpha value is -2.49. The van der Waals surface area contributed by atoms with Crippen molar-refractivity contribution in [2.24, 2.45) is 0 Å². The zero-order chi connectivity index (χ0) is 14.3. The Balaban J connectivity index is 2.00. The molecular weight excluding hydrogens is 252 g/mol. The topological polar surface area (TPSA) is 66.6 Å².